The second-order valence-electron chi connectivity index (χ2n) is 4.47. The van der Waals surface area contributed by atoms with Gasteiger partial charge < -0.3 is 19.8 Å². The van der Waals surface area contributed by atoms with Crippen molar-refractivity contribution in [2.45, 2.75) is 33.4 Å². The highest BCUT2D eigenvalue weighted by molar-refractivity contribution is 5.93. The van der Waals surface area contributed by atoms with Crippen LogP contribution in [-0.2, 0) is 6.61 Å². The minimum atomic E-state index is -0.270. The molecule has 6 heteroatoms. The largest absolute Gasteiger partial charge is 0.388 e. The number of amides is 1. The number of aliphatic hydroxyl groups is 1. The zero-order valence-corrected chi connectivity index (χ0v) is 11.4. The van der Waals surface area contributed by atoms with Gasteiger partial charge in [-0.15, -0.1) is 0 Å². The molecule has 0 aromatic carbocycles. The summed E-state index contributed by atoms with van der Waals surface area (Å²) in [7, 11) is 1.99. The van der Waals surface area contributed by atoms with Gasteiger partial charge in [0.2, 0.25) is 0 Å². The topological polar surface area (TPSA) is 78.6 Å². The number of aromatic nitrogens is 1. The maximum absolute atomic E-state index is 11.9. The minimum Gasteiger partial charge on any atom is -0.388 e. The molecule has 1 amide bonds. The van der Waals surface area contributed by atoms with Crippen molar-refractivity contribution < 1.29 is 14.4 Å². The molecule has 0 aliphatic rings. The van der Waals surface area contributed by atoms with Gasteiger partial charge in [0.05, 0.1) is 0 Å². The predicted octanol–water partition coefficient (Wildman–Crippen LogP) is 0.545. The van der Waals surface area contributed by atoms with E-state index >= 15 is 0 Å². The maximum Gasteiger partial charge on any atom is 0.274 e. The van der Waals surface area contributed by atoms with Gasteiger partial charge in [-0.05, 0) is 27.4 Å². The Hall–Kier alpha value is -1.40. The minimum absolute atomic E-state index is 0.0242. The van der Waals surface area contributed by atoms with Crippen LogP contribution in [0.2, 0.25) is 0 Å². The predicted molar refractivity (Wildman–Crippen MR) is 67.3 cm³/mol. The molecule has 0 aliphatic heterocycles. The van der Waals surface area contributed by atoms with Crippen molar-refractivity contribution in [2.24, 2.45) is 0 Å². The van der Waals surface area contributed by atoms with Gasteiger partial charge in [-0.2, -0.15) is 0 Å². The summed E-state index contributed by atoms with van der Waals surface area (Å²) < 4.78 is 4.88. The molecule has 1 unspecified atom stereocenters. The second-order valence-corrected chi connectivity index (χ2v) is 4.47. The molecule has 0 aliphatic carbocycles. The van der Waals surface area contributed by atoms with Gasteiger partial charge >= 0.3 is 0 Å². The monoisotopic (exact) mass is 255 g/mol. The number of carbonyl (C=O) groups is 1. The number of nitrogens with one attached hydrogen (secondary N) is 1. The van der Waals surface area contributed by atoms with Crippen molar-refractivity contribution in [3.8, 4) is 0 Å². The smallest absolute Gasteiger partial charge is 0.274 e. The lowest BCUT2D eigenvalue weighted by molar-refractivity contribution is 0.0922. The van der Waals surface area contributed by atoms with E-state index in [9.17, 15) is 4.79 Å². The first-order chi connectivity index (χ1) is 8.49. The molecule has 0 saturated heterocycles. The Morgan fingerprint density at radius 2 is 2.28 bits per heavy atom. The summed E-state index contributed by atoms with van der Waals surface area (Å²) >= 11 is 0. The van der Waals surface area contributed by atoms with Crippen LogP contribution in [0.5, 0.6) is 0 Å². The normalized spacial score (nSPS) is 12.8. The highest BCUT2D eigenvalue weighted by atomic mass is 16.5. The molecular weight excluding hydrogens is 234 g/mol. The first-order valence-electron chi connectivity index (χ1n) is 6.05. The Morgan fingerprint density at radius 3 is 2.78 bits per heavy atom. The molecule has 18 heavy (non-hydrogen) atoms. The van der Waals surface area contributed by atoms with E-state index in [-0.39, 0.29) is 24.2 Å². The number of nitrogens with zero attached hydrogens (tertiary/aromatic N) is 2. The number of hydrogen-bond acceptors (Lipinski definition) is 5. The molecular formula is C12H21N3O3. The SMILES string of the molecule is CCN(C)CC(C)NC(=O)c1noc(CO)c1C. The van der Waals surface area contributed by atoms with Crippen LogP contribution in [0.3, 0.4) is 0 Å². The molecule has 1 aromatic rings. The summed E-state index contributed by atoms with van der Waals surface area (Å²) in [5.74, 6) is 0.0615. The van der Waals surface area contributed by atoms with Gasteiger partial charge in [0.1, 0.15) is 6.61 Å². The molecule has 0 bridgehead atoms. The summed E-state index contributed by atoms with van der Waals surface area (Å²) in [5, 5.41) is 15.5. The van der Waals surface area contributed by atoms with Crippen molar-refractivity contribution in [1.82, 2.24) is 15.4 Å². The summed E-state index contributed by atoms with van der Waals surface area (Å²) in [6, 6.07) is 0.0242. The van der Waals surface area contributed by atoms with Crippen LogP contribution >= 0.6 is 0 Å². The van der Waals surface area contributed by atoms with Gasteiger partial charge in [-0.3, -0.25) is 4.79 Å². The lowest BCUT2D eigenvalue weighted by Crippen LogP contribution is -2.40. The Balaban J connectivity index is 2.62. The average Bonchev–Trinajstić information content (AvgIpc) is 2.69. The van der Waals surface area contributed by atoms with Crippen LogP contribution in [0, 0.1) is 6.92 Å². The highest BCUT2D eigenvalue weighted by Crippen LogP contribution is 2.12. The molecule has 2 N–H and O–H groups in total. The molecule has 6 nitrogen and oxygen atoms in total. The van der Waals surface area contributed by atoms with Crippen molar-refractivity contribution in [3.63, 3.8) is 0 Å². The fourth-order valence-corrected chi connectivity index (χ4v) is 1.66. The van der Waals surface area contributed by atoms with Crippen LogP contribution in [0.1, 0.15) is 35.7 Å². The Labute approximate surface area is 107 Å². The summed E-state index contributed by atoms with van der Waals surface area (Å²) in [5.41, 5.74) is 0.830. The van der Waals surface area contributed by atoms with E-state index in [1.54, 1.807) is 6.92 Å². The molecule has 0 saturated carbocycles. The number of rotatable bonds is 6. The zero-order valence-electron chi connectivity index (χ0n) is 11.4. The van der Waals surface area contributed by atoms with E-state index < -0.39 is 0 Å². The van der Waals surface area contributed by atoms with Crippen molar-refractivity contribution in [2.75, 3.05) is 20.1 Å². The number of hydrogen-bond donors (Lipinski definition) is 2. The van der Waals surface area contributed by atoms with E-state index in [1.807, 2.05) is 14.0 Å². The Bertz CT molecular complexity index is 403. The standard InChI is InChI=1S/C12H21N3O3/c1-5-15(4)6-8(2)13-12(17)11-9(3)10(7-16)18-14-11/h8,16H,5-7H2,1-4H3,(H,13,17). The maximum atomic E-state index is 11.9. The van der Waals surface area contributed by atoms with Gasteiger partial charge in [0, 0.05) is 18.2 Å². The Kier molecular flexibility index (Phi) is 5.30. The highest BCUT2D eigenvalue weighted by Gasteiger charge is 2.19. The second kappa shape index (κ2) is 6.51. The van der Waals surface area contributed by atoms with Crippen LogP contribution in [-0.4, -0.2) is 47.2 Å². The number of carbonyl (C=O) groups excluding carboxylic acids is 1. The molecule has 0 fully saturated rings. The van der Waals surface area contributed by atoms with Crippen molar-refractivity contribution in [3.05, 3.63) is 17.0 Å². The zero-order chi connectivity index (χ0) is 13.7. The molecule has 102 valence electrons. The molecule has 0 spiro atoms. The van der Waals surface area contributed by atoms with Crippen LogP contribution in [0.4, 0.5) is 0 Å². The molecule has 0 radical (unpaired) electrons. The van der Waals surface area contributed by atoms with Gasteiger partial charge in [0.25, 0.3) is 5.91 Å². The Morgan fingerprint density at radius 1 is 1.61 bits per heavy atom. The van der Waals surface area contributed by atoms with Gasteiger partial charge in [-0.25, -0.2) is 0 Å². The number of likely N-dealkylation sites (N-methyl/N-ethyl adjacent to an activating group) is 1. The molecule has 1 heterocycles. The average molecular weight is 255 g/mol. The lowest BCUT2D eigenvalue weighted by atomic mass is 10.2. The molecule has 1 atom stereocenters. The fraction of sp³-hybridized carbons (Fsp3) is 0.667. The third-order valence-electron chi connectivity index (χ3n) is 2.88. The van der Waals surface area contributed by atoms with Gasteiger partial charge in [-0.1, -0.05) is 12.1 Å². The van der Waals surface area contributed by atoms with E-state index in [1.165, 1.54) is 0 Å². The third-order valence-corrected chi connectivity index (χ3v) is 2.88. The van der Waals surface area contributed by atoms with Crippen LogP contribution in [0.15, 0.2) is 4.52 Å². The first kappa shape index (κ1) is 14.7. The van der Waals surface area contributed by atoms with Crippen molar-refractivity contribution in [1.29, 1.82) is 0 Å². The van der Waals surface area contributed by atoms with Crippen molar-refractivity contribution >= 4 is 5.91 Å². The fourth-order valence-electron chi connectivity index (χ4n) is 1.66. The number of aliphatic hydroxyl groups excluding tert-OH is 1. The lowest BCUT2D eigenvalue weighted by Gasteiger charge is -2.20. The first-order valence-corrected chi connectivity index (χ1v) is 6.05. The third kappa shape index (κ3) is 3.54. The quantitative estimate of drug-likeness (QED) is 0.776. The van der Waals surface area contributed by atoms with Crippen LogP contribution < -0.4 is 5.32 Å². The molecule has 1 rings (SSSR count). The summed E-state index contributed by atoms with van der Waals surface area (Å²) in [6.07, 6.45) is 0. The summed E-state index contributed by atoms with van der Waals surface area (Å²) in [6.45, 7) is 7.15. The van der Waals surface area contributed by atoms with E-state index in [2.05, 4.69) is 22.3 Å². The molecule has 1 aromatic heterocycles. The van der Waals surface area contributed by atoms with E-state index in [4.69, 9.17) is 9.63 Å². The summed E-state index contributed by atoms with van der Waals surface area (Å²) in [4.78, 5) is 14.1. The van der Waals surface area contributed by atoms with E-state index in [0.717, 1.165) is 13.1 Å². The van der Waals surface area contributed by atoms with Crippen LogP contribution in [0.25, 0.3) is 0 Å². The van der Waals surface area contributed by atoms with E-state index in [0.29, 0.717) is 11.3 Å². The van der Waals surface area contributed by atoms with Gasteiger partial charge in [0.15, 0.2) is 11.5 Å².